The summed E-state index contributed by atoms with van der Waals surface area (Å²) in [5, 5.41) is 11.5. The number of aliphatic hydroxyl groups is 1. The quantitative estimate of drug-likeness (QED) is 0.762. The Bertz CT molecular complexity index is 765. The fourth-order valence-corrected chi connectivity index (χ4v) is 2.97. The lowest BCUT2D eigenvalue weighted by Gasteiger charge is -2.13. The fraction of sp³-hybridized carbons (Fsp3) is 0.118. The van der Waals surface area contributed by atoms with Crippen molar-refractivity contribution in [3.05, 3.63) is 76.1 Å². The fourth-order valence-electron chi connectivity index (χ4n) is 2.46. The molecule has 1 N–H and O–H groups in total. The Morgan fingerprint density at radius 3 is 2.76 bits per heavy atom. The van der Waals surface area contributed by atoms with E-state index < -0.39 is 6.10 Å². The standard InChI is InChI=1S/C17H13BrFNO/c18-13-7-11(8-14(19)10-13)9-16(21)15-5-1-3-12-4-2-6-20-17(12)15/h1-8,10,16,21H,9H2. The van der Waals surface area contributed by atoms with Gasteiger partial charge in [-0.05, 0) is 29.8 Å². The summed E-state index contributed by atoms with van der Waals surface area (Å²) in [7, 11) is 0. The summed E-state index contributed by atoms with van der Waals surface area (Å²) in [5.74, 6) is -0.317. The van der Waals surface area contributed by atoms with Crippen LogP contribution in [0.15, 0.2) is 59.2 Å². The maximum atomic E-state index is 13.4. The lowest BCUT2D eigenvalue weighted by atomic mass is 9.99. The van der Waals surface area contributed by atoms with Crippen LogP contribution in [0.3, 0.4) is 0 Å². The average Bonchev–Trinajstić information content (AvgIpc) is 2.45. The minimum atomic E-state index is -0.725. The van der Waals surface area contributed by atoms with Crippen molar-refractivity contribution in [3.63, 3.8) is 0 Å². The third-order valence-corrected chi connectivity index (χ3v) is 3.83. The number of fused-ring (bicyclic) bond motifs is 1. The molecule has 0 radical (unpaired) electrons. The number of aliphatic hydroxyl groups excluding tert-OH is 1. The van der Waals surface area contributed by atoms with Gasteiger partial charge in [-0.25, -0.2) is 4.39 Å². The first-order valence-corrected chi connectivity index (χ1v) is 7.39. The minimum Gasteiger partial charge on any atom is -0.388 e. The average molecular weight is 346 g/mol. The molecule has 0 saturated carbocycles. The van der Waals surface area contributed by atoms with E-state index in [1.807, 2.05) is 36.4 Å². The minimum absolute atomic E-state index is 0.317. The van der Waals surface area contributed by atoms with Gasteiger partial charge >= 0.3 is 0 Å². The van der Waals surface area contributed by atoms with Crippen LogP contribution in [0.2, 0.25) is 0 Å². The van der Waals surface area contributed by atoms with Gasteiger partial charge in [0, 0.05) is 28.0 Å². The van der Waals surface area contributed by atoms with Crippen LogP contribution in [-0.2, 0) is 6.42 Å². The first-order chi connectivity index (χ1) is 10.1. The van der Waals surface area contributed by atoms with Gasteiger partial charge < -0.3 is 5.11 Å². The molecule has 3 rings (SSSR count). The summed E-state index contributed by atoms with van der Waals surface area (Å²) in [6.07, 6.45) is 1.32. The largest absolute Gasteiger partial charge is 0.388 e. The second-order valence-corrected chi connectivity index (χ2v) is 5.84. The van der Waals surface area contributed by atoms with Gasteiger partial charge in [-0.3, -0.25) is 4.98 Å². The van der Waals surface area contributed by atoms with Crippen molar-refractivity contribution in [2.75, 3.05) is 0 Å². The Morgan fingerprint density at radius 1 is 1.14 bits per heavy atom. The number of halogens is 2. The van der Waals surface area contributed by atoms with Crippen LogP contribution in [0.1, 0.15) is 17.2 Å². The van der Waals surface area contributed by atoms with Gasteiger partial charge in [0.15, 0.2) is 0 Å². The molecule has 1 unspecified atom stereocenters. The Labute approximate surface area is 130 Å². The number of hydrogen-bond donors (Lipinski definition) is 1. The maximum Gasteiger partial charge on any atom is 0.124 e. The molecule has 0 spiro atoms. The normalized spacial score (nSPS) is 12.5. The predicted molar refractivity (Wildman–Crippen MR) is 84.5 cm³/mol. The molecule has 3 aromatic rings. The highest BCUT2D eigenvalue weighted by molar-refractivity contribution is 9.10. The predicted octanol–water partition coefficient (Wildman–Crippen LogP) is 4.41. The molecule has 1 aromatic heterocycles. The third kappa shape index (κ3) is 3.12. The Hall–Kier alpha value is -1.78. The van der Waals surface area contributed by atoms with Gasteiger partial charge in [0.1, 0.15) is 5.82 Å². The van der Waals surface area contributed by atoms with Crippen molar-refractivity contribution in [1.82, 2.24) is 4.98 Å². The van der Waals surface area contributed by atoms with Crippen LogP contribution < -0.4 is 0 Å². The zero-order valence-corrected chi connectivity index (χ0v) is 12.7. The molecule has 2 aromatic carbocycles. The van der Waals surface area contributed by atoms with E-state index in [0.717, 1.165) is 22.0 Å². The van der Waals surface area contributed by atoms with Gasteiger partial charge in [0.25, 0.3) is 0 Å². The van der Waals surface area contributed by atoms with E-state index in [1.165, 1.54) is 12.1 Å². The number of aromatic nitrogens is 1. The molecular formula is C17H13BrFNO. The van der Waals surface area contributed by atoms with Crippen molar-refractivity contribution < 1.29 is 9.50 Å². The second kappa shape index (κ2) is 5.92. The van der Waals surface area contributed by atoms with Crippen LogP contribution >= 0.6 is 15.9 Å². The molecule has 2 nitrogen and oxygen atoms in total. The number of benzene rings is 2. The SMILES string of the molecule is OC(Cc1cc(F)cc(Br)c1)c1cccc2cccnc12. The van der Waals surface area contributed by atoms with Gasteiger partial charge in [-0.2, -0.15) is 0 Å². The van der Waals surface area contributed by atoms with Crippen LogP contribution in [0, 0.1) is 5.82 Å². The summed E-state index contributed by atoms with van der Waals surface area (Å²) in [6, 6.07) is 14.2. The summed E-state index contributed by atoms with van der Waals surface area (Å²) in [4.78, 5) is 4.34. The smallest absolute Gasteiger partial charge is 0.124 e. The molecule has 0 aliphatic carbocycles. The van der Waals surface area contributed by atoms with E-state index in [9.17, 15) is 9.50 Å². The molecule has 0 bridgehead atoms. The van der Waals surface area contributed by atoms with Gasteiger partial charge in [0.2, 0.25) is 0 Å². The first kappa shape index (κ1) is 14.2. The third-order valence-electron chi connectivity index (χ3n) is 3.37. The highest BCUT2D eigenvalue weighted by Crippen LogP contribution is 2.26. The Balaban J connectivity index is 1.95. The summed E-state index contributed by atoms with van der Waals surface area (Å²) in [5.41, 5.74) is 2.28. The zero-order chi connectivity index (χ0) is 14.8. The van der Waals surface area contributed by atoms with E-state index in [-0.39, 0.29) is 5.82 Å². The van der Waals surface area contributed by atoms with Crippen molar-refractivity contribution in [1.29, 1.82) is 0 Å². The number of para-hydroxylation sites is 1. The topological polar surface area (TPSA) is 33.1 Å². The van der Waals surface area contributed by atoms with Crippen LogP contribution in [0.25, 0.3) is 10.9 Å². The summed E-state index contributed by atoms with van der Waals surface area (Å²) in [6.45, 7) is 0. The molecule has 0 aliphatic rings. The molecule has 0 fully saturated rings. The molecular weight excluding hydrogens is 333 g/mol. The van der Waals surface area contributed by atoms with Crippen molar-refractivity contribution in [2.45, 2.75) is 12.5 Å². The van der Waals surface area contributed by atoms with E-state index in [0.29, 0.717) is 10.9 Å². The highest BCUT2D eigenvalue weighted by atomic mass is 79.9. The van der Waals surface area contributed by atoms with Gasteiger partial charge in [-0.1, -0.05) is 40.2 Å². The van der Waals surface area contributed by atoms with Gasteiger partial charge in [0.05, 0.1) is 11.6 Å². The van der Waals surface area contributed by atoms with E-state index >= 15 is 0 Å². The molecule has 106 valence electrons. The van der Waals surface area contributed by atoms with Crippen molar-refractivity contribution in [2.24, 2.45) is 0 Å². The van der Waals surface area contributed by atoms with E-state index in [1.54, 1.807) is 6.20 Å². The molecule has 4 heteroatoms. The Kier molecular flexibility index (Phi) is 3.99. The molecule has 1 heterocycles. The van der Waals surface area contributed by atoms with Crippen molar-refractivity contribution in [3.8, 4) is 0 Å². The lowest BCUT2D eigenvalue weighted by molar-refractivity contribution is 0.179. The number of nitrogens with zero attached hydrogens (tertiary/aromatic N) is 1. The monoisotopic (exact) mass is 345 g/mol. The van der Waals surface area contributed by atoms with E-state index in [4.69, 9.17) is 0 Å². The molecule has 0 amide bonds. The van der Waals surface area contributed by atoms with Gasteiger partial charge in [-0.15, -0.1) is 0 Å². The first-order valence-electron chi connectivity index (χ1n) is 6.60. The Morgan fingerprint density at radius 2 is 1.95 bits per heavy atom. The zero-order valence-electron chi connectivity index (χ0n) is 11.1. The highest BCUT2D eigenvalue weighted by Gasteiger charge is 2.13. The summed E-state index contributed by atoms with van der Waals surface area (Å²) < 4.78 is 14.1. The van der Waals surface area contributed by atoms with Crippen LogP contribution in [-0.4, -0.2) is 10.1 Å². The number of rotatable bonds is 3. The molecule has 0 saturated heterocycles. The number of pyridine rings is 1. The van der Waals surface area contributed by atoms with Crippen LogP contribution in [0.4, 0.5) is 4.39 Å². The molecule has 21 heavy (non-hydrogen) atoms. The lowest BCUT2D eigenvalue weighted by Crippen LogP contribution is -2.03. The summed E-state index contributed by atoms with van der Waals surface area (Å²) >= 11 is 3.26. The van der Waals surface area contributed by atoms with E-state index in [2.05, 4.69) is 20.9 Å². The molecule has 1 atom stereocenters. The second-order valence-electron chi connectivity index (χ2n) is 4.92. The maximum absolute atomic E-state index is 13.4. The molecule has 0 aliphatic heterocycles. The van der Waals surface area contributed by atoms with Crippen LogP contribution in [0.5, 0.6) is 0 Å². The van der Waals surface area contributed by atoms with Crippen molar-refractivity contribution >= 4 is 26.8 Å². The number of hydrogen-bond acceptors (Lipinski definition) is 2.